The molecule has 0 spiro atoms. The van der Waals surface area contributed by atoms with Crippen molar-refractivity contribution in [1.29, 1.82) is 0 Å². The van der Waals surface area contributed by atoms with Crippen LogP contribution in [-0.4, -0.2) is 23.2 Å². The molecule has 4 aromatic carbocycles. The van der Waals surface area contributed by atoms with Gasteiger partial charge in [-0.3, -0.25) is 0 Å². The molecule has 7 rings (SSSR count). The zero-order chi connectivity index (χ0) is 35.0. The monoisotopic (exact) mass is 900 g/mol. The van der Waals surface area contributed by atoms with Crippen molar-refractivity contribution in [2.45, 2.75) is 63.2 Å². The Labute approximate surface area is 314 Å². The maximum Gasteiger partial charge on any atom is 0 e. The maximum absolute atomic E-state index is 8.48. The van der Waals surface area contributed by atoms with Gasteiger partial charge in [-0.25, -0.2) is 0 Å². The Morgan fingerprint density at radius 1 is 0.816 bits per heavy atom. The van der Waals surface area contributed by atoms with Crippen LogP contribution in [0.4, 0.5) is 0 Å². The quantitative estimate of drug-likeness (QED) is 0.127. The van der Waals surface area contributed by atoms with Crippen LogP contribution < -0.4 is 4.40 Å². The van der Waals surface area contributed by atoms with Gasteiger partial charge in [-0.1, -0.05) is 105 Å². The molecule has 1 radical (unpaired) electrons. The predicted octanol–water partition coefficient (Wildman–Crippen LogP) is 12.1. The summed E-state index contributed by atoms with van der Waals surface area (Å²) in [6.07, 6.45) is 3.85. The van der Waals surface area contributed by atoms with Gasteiger partial charge in [0.2, 0.25) is 0 Å². The Balaban J connectivity index is 0.000000241. The van der Waals surface area contributed by atoms with Crippen LogP contribution in [0.1, 0.15) is 53.0 Å². The second kappa shape index (κ2) is 15.2. The number of hydrogen-bond donors (Lipinski definition) is 0. The summed E-state index contributed by atoms with van der Waals surface area (Å²) in [4.78, 5) is 9.23. The second-order valence-corrected chi connectivity index (χ2v) is 26.3. The van der Waals surface area contributed by atoms with Crippen molar-refractivity contribution in [3.05, 3.63) is 139 Å². The first-order valence-corrected chi connectivity index (χ1v) is 24.7. The average Bonchev–Trinajstić information content (AvgIpc) is 3.47. The Bertz CT molecular complexity index is 2210. The van der Waals surface area contributed by atoms with Gasteiger partial charge >= 0.3 is 99.8 Å². The van der Waals surface area contributed by atoms with E-state index in [9.17, 15) is 0 Å². The van der Waals surface area contributed by atoms with E-state index in [0.717, 1.165) is 28.1 Å². The van der Waals surface area contributed by atoms with E-state index in [1.54, 1.807) is 0 Å². The van der Waals surface area contributed by atoms with Crippen LogP contribution in [0.2, 0.25) is 17.3 Å². The largest absolute Gasteiger partial charge is 0 e. The van der Waals surface area contributed by atoms with Crippen LogP contribution >= 0.6 is 11.3 Å². The van der Waals surface area contributed by atoms with Crippen molar-refractivity contribution in [3.8, 4) is 33.6 Å². The fourth-order valence-electron chi connectivity index (χ4n) is 5.75. The molecule has 7 aromatic rings. The normalized spacial score (nSPS) is 12.2. The van der Waals surface area contributed by atoms with Crippen molar-refractivity contribution in [2.75, 3.05) is 0 Å². The Morgan fingerprint density at radius 3 is 2.20 bits per heavy atom. The average molecular weight is 899 g/mol. The third-order valence-corrected chi connectivity index (χ3v) is 14.1. The van der Waals surface area contributed by atoms with Crippen LogP contribution in [-0.2, 0) is 25.5 Å². The van der Waals surface area contributed by atoms with Gasteiger partial charge in [0.15, 0.2) is 0 Å². The van der Waals surface area contributed by atoms with E-state index < -0.39 is 19.2 Å². The molecule has 3 heterocycles. The Kier molecular flexibility index (Phi) is 11.0. The van der Waals surface area contributed by atoms with E-state index in [2.05, 4.69) is 122 Å². The van der Waals surface area contributed by atoms with Crippen molar-refractivity contribution >= 4 is 49.2 Å². The molecular weight excluding hydrogens is 853 g/mol. The summed E-state index contributed by atoms with van der Waals surface area (Å²) in [6, 6.07) is 42.6. The van der Waals surface area contributed by atoms with Crippen molar-refractivity contribution in [2.24, 2.45) is 0 Å². The number of nitrogens with zero attached hydrogens (tertiary/aromatic N) is 2. The molecule has 0 atom stereocenters. The number of benzene rings is 4. The third-order valence-electron chi connectivity index (χ3n) is 8.71. The first-order valence-electron chi connectivity index (χ1n) is 17.1. The van der Waals surface area contributed by atoms with Crippen LogP contribution in [0.15, 0.2) is 116 Å². The molecule has 0 amide bonds. The van der Waals surface area contributed by atoms with E-state index in [-0.39, 0.29) is 25.5 Å². The standard InChI is InChI=1S/C30H28NS.C14H16GeN.Ir/c1-19(2)21-15-16-31-26(17-21)24-14-13-23(20-9-7-6-8-10-20)28-25-12-11-22(30(3,4)5)18-27(25)32-29(24)28;1-15(2,3)13-9-10-14(16-11-13)12-7-5-4-6-8-12;/h6-13,15-19H,1-5H3;4-7,9-11H,1-3H3;/q2*-1;/i19D;;. The van der Waals surface area contributed by atoms with Gasteiger partial charge in [0.1, 0.15) is 0 Å². The molecule has 3 aromatic heterocycles. The fraction of sp³-hybridized carbons (Fsp3) is 0.227. The molecule has 251 valence electrons. The van der Waals surface area contributed by atoms with Crippen LogP contribution in [0.5, 0.6) is 0 Å². The topological polar surface area (TPSA) is 25.8 Å². The minimum atomic E-state index is -1.72. The zero-order valence-corrected chi connectivity index (χ0v) is 34.9. The first kappa shape index (κ1) is 35.4. The first-order chi connectivity index (χ1) is 23.2. The van der Waals surface area contributed by atoms with E-state index in [0.29, 0.717) is 0 Å². The number of thiophene rings is 1. The smallest absolute Gasteiger partial charge is 0 e. The summed E-state index contributed by atoms with van der Waals surface area (Å²) in [6.45, 7) is 10.6. The fourth-order valence-corrected chi connectivity index (χ4v) is 9.20. The van der Waals surface area contributed by atoms with Crippen LogP contribution in [0, 0.1) is 12.1 Å². The number of hydrogen-bond acceptors (Lipinski definition) is 3. The minimum absolute atomic E-state index is 0. The summed E-state index contributed by atoms with van der Waals surface area (Å²) in [5.41, 5.74) is 8.74. The van der Waals surface area contributed by atoms with E-state index in [4.69, 9.17) is 6.35 Å². The molecule has 5 heteroatoms. The van der Waals surface area contributed by atoms with E-state index in [1.165, 1.54) is 41.3 Å². The van der Waals surface area contributed by atoms with Gasteiger partial charge in [-0.15, -0.1) is 17.7 Å². The summed E-state index contributed by atoms with van der Waals surface area (Å²) >= 11 is 0.102. The molecule has 0 unspecified atom stereocenters. The summed E-state index contributed by atoms with van der Waals surface area (Å²) in [7, 11) is 0. The molecule has 0 N–H and O–H groups in total. The molecule has 0 bridgehead atoms. The Hall–Kier alpha value is -3.41. The molecular formula is C44H44GeIrN2S-2. The second-order valence-electron chi connectivity index (χ2n) is 14.6. The van der Waals surface area contributed by atoms with Gasteiger partial charge < -0.3 is 4.98 Å². The van der Waals surface area contributed by atoms with Crippen molar-refractivity contribution in [1.82, 2.24) is 9.97 Å². The summed E-state index contributed by atoms with van der Waals surface area (Å²) < 4.78 is 12.4. The third kappa shape index (κ3) is 8.32. The molecule has 0 aliphatic carbocycles. The predicted molar refractivity (Wildman–Crippen MR) is 211 cm³/mol. The summed E-state index contributed by atoms with van der Waals surface area (Å²) in [5, 5.41) is 2.53. The SMILES string of the molecule is [2H]C(C)(C)c1ccnc(-c2[c-]cc(-c3ccccc3)c3c2sc2cc(C(C)(C)C)ccc23)c1.[CH3][Ge]([CH3])([CH3])[c]1ccc(-c2[c-]cccc2)nc1.[Ir]. The maximum atomic E-state index is 8.48. The van der Waals surface area contributed by atoms with Crippen LogP contribution in [0.3, 0.4) is 0 Å². The van der Waals surface area contributed by atoms with Gasteiger partial charge in [0, 0.05) is 32.4 Å². The van der Waals surface area contributed by atoms with E-state index >= 15 is 0 Å². The van der Waals surface area contributed by atoms with Gasteiger partial charge in [-0.05, 0) is 44.8 Å². The van der Waals surface area contributed by atoms with Crippen LogP contribution in [0.25, 0.3) is 53.8 Å². The van der Waals surface area contributed by atoms with E-state index in [1.807, 2.05) is 74.0 Å². The minimum Gasteiger partial charge on any atom is 0 e. The van der Waals surface area contributed by atoms with Gasteiger partial charge in [-0.2, -0.15) is 11.3 Å². The molecule has 0 saturated heterocycles. The zero-order valence-electron chi connectivity index (χ0n) is 30.6. The molecule has 49 heavy (non-hydrogen) atoms. The molecule has 0 saturated carbocycles. The number of fused-ring (bicyclic) bond motifs is 3. The molecule has 0 fully saturated rings. The van der Waals surface area contributed by atoms with Gasteiger partial charge in [0.05, 0.1) is 0 Å². The molecule has 0 aliphatic heterocycles. The van der Waals surface area contributed by atoms with Gasteiger partial charge in [0.25, 0.3) is 0 Å². The molecule has 0 aliphatic rings. The van der Waals surface area contributed by atoms with Crippen molar-refractivity contribution in [3.63, 3.8) is 0 Å². The van der Waals surface area contributed by atoms with Crippen molar-refractivity contribution < 1.29 is 21.5 Å². The molecule has 2 nitrogen and oxygen atoms in total. The number of rotatable bonds is 5. The Morgan fingerprint density at radius 2 is 1.57 bits per heavy atom. The summed E-state index contributed by atoms with van der Waals surface area (Å²) in [5.74, 6) is 6.46. The number of pyridine rings is 2. The number of aromatic nitrogens is 2.